The number of hydrogen-bond donors (Lipinski definition) is 0. The fourth-order valence-corrected chi connectivity index (χ4v) is 2.63. The van der Waals surface area contributed by atoms with Gasteiger partial charge in [-0.2, -0.15) is 0 Å². The molecule has 0 amide bonds. The third-order valence-corrected chi connectivity index (χ3v) is 8.28. The van der Waals surface area contributed by atoms with Crippen molar-refractivity contribution >= 4 is 19.7 Å². The van der Waals surface area contributed by atoms with Crippen molar-refractivity contribution in [2.24, 2.45) is 0 Å². The van der Waals surface area contributed by atoms with Gasteiger partial charge >= 0.3 is 0 Å². The Morgan fingerprint density at radius 1 is 1.40 bits per heavy atom. The molecule has 15 heavy (non-hydrogen) atoms. The quantitative estimate of drug-likeness (QED) is 0.752. The molecule has 0 aliphatic carbocycles. The molecule has 0 saturated heterocycles. The van der Waals surface area contributed by atoms with Gasteiger partial charge in [0.15, 0.2) is 8.32 Å². The molecule has 1 rings (SSSR count). The molecule has 0 aliphatic rings. The van der Waals surface area contributed by atoms with E-state index in [1.54, 1.807) is 11.3 Å². The van der Waals surface area contributed by atoms with Crippen LogP contribution in [0.5, 0.6) is 0 Å². The smallest absolute Gasteiger partial charge is 0.191 e. The molecule has 1 heterocycles. The van der Waals surface area contributed by atoms with Crippen molar-refractivity contribution in [2.75, 3.05) is 6.61 Å². The zero-order valence-electron chi connectivity index (χ0n) is 10.3. The highest BCUT2D eigenvalue weighted by atomic mass is 32.1. The lowest BCUT2D eigenvalue weighted by Gasteiger charge is -2.36. The Balaban J connectivity index is 2.37. The van der Waals surface area contributed by atoms with Gasteiger partial charge in [0, 0.05) is 18.4 Å². The maximum Gasteiger partial charge on any atom is 0.191 e. The van der Waals surface area contributed by atoms with Gasteiger partial charge in [0.25, 0.3) is 0 Å². The molecule has 0 bridgehead atoms. The van der Waals surface area contributed by atoms with Gasteiger partial charge in [0.1, 0.15) is 0 Å². The van der Waals surface area contributed by atoms with Gasteiger partial charge in [-0.1, -0.05) is 20.8 Å². The van der Waals surface area contributed by atoms with E-state index in [4.69, 9.17) is 4.43 Å². The fraction of sp³-hybridized carbons (Fsp3) is 0.727. The minimum absolute atomic E-state index is 0.301. The largest absolute Gasteiger partial charge is 0.416 e. The van der Waals surface area contributed by atoms with Crippen LogP contribution in [0.25, 0.3) is 0 Å². The second kappa shape index (κ2) is 4.76. The molecule has 0 spiro atoms. The second-order valence-corrected chi connectivity index (χ2v) is 10.9. The highest BCUT2D eigenvalue weighted by Gasteiger charge is 2.36. The molecule has 0 aromatic carbocycles. The van der Waals surface area contributed by atoms with Gasteiger partial charge in [-0.15, -0.1) is 11.3 Å². The summed E-state index contributed by atoms with van der Waals surface area (Å²) in [5.41, 5.74) is 3.03. The third-order valence-electron chi connectivity index (χ3n) is 3.11. The SMILES string of the molecule is CC(C)(C)[Si](C)(C)OCCc1cscn1. The van der Waals surface area contributed by atoms with E-state index in [0.29, 0.717) is 5.04 Å². The van der Waals surface area contributed by atoms with Crippen LogP contribution < -0.4 is 0 Å². The maximum absolute atomic E-state index is 6.07. The van der Waals surface area contributed by atoms with Crippen LogP contribution in [0.2, 0.25) is 18.1 Å². The standard InChI is InChI=1S/C11H21NOSSi/c1-11(2,3)15(4,5)13-7-6-10-8-14-9-12-10/h8-9H,6-7H2,1-5H3. The molecule has 0 atom stereocenters. The Hall–Kier alpha value is -0.193. The first kappa shape index (κ1) is 12.9. The Morgan fingerprint density at radius 3 is 2.53 bits per heavy atom. The Labute approximate surface area is 97.8 Å². The van der Waals surface area contributed by atoms with E-state index in [0.717, 1.165) is 18.7 Å². The predicted molar refractivity (Wildman–Crippen MR) is 69.0 cm³/mol. The zero-order chi connectivity index (χ0) is 11.5. The lowest BCUT2D eigenvalue weighted by molar-refractivity contribution is 0.291. The van der Waals surface area contributed by atoms with Gasteiger partial charge in [0.2, 0.25) is 0 Å². The van der Waals surface area contributed by atoms with Gasteiger partial charge in [-0.3, -0.25) is 0 Å². The molecule has 0 saturated carbocycles. The molecule has 0 N–H and O–H groups in total. The summed E-state index contributed by atoms with van der Waals surface area (Å²) in [6, 6.07) is 0. The van der Waals surface area contributed by atoms with E-state index in [9.17, 15) is 0 Å². The van der Waals surface area contributed by atoms with Crippen LogP contribution in [0.1, 0.15) is 26.5 Å². The lowest BCUT2D eigenvalue weighted by atomic mass is 10.2. The number of nitrogens with zero attached hydrogens (tertiary/aromatic N) is 1. The highest BCUT2D eigenvalue weighted by molar-refractivity contribution is 7.07. The van der Waals surface area contributed by atoms with Gasteiger partial charge < -0.3 is 4.43 Å². The second-order valence-electron chi connectivity index (χ2n) is 5.34. The van der Waals surface area contributed by atoms with Gasteiger partial charge in [0.05, 0.1) is 11.2 Å². The molecule has 0 unspecified atom stereocenters. The van der Waals surface area contributed by atoms with Crippen LogP contribution in [-0.2, 0) is 10.8 Å². The number of rotatable bonds is 4. The van der Waals surface area contributed by atoms with E-state index in [1.807, 2.05) is 5.51 Å². The van der Waals surface area contributed by atoms with Crippen LogP contribution in [-0.4, -0.2) is 19.9 Å². The molecule has 0 fully saturated rings. The molecule has 1 aromatic heterocycles. The first-order valence-corrected chi connectivity index (χ1v) is 9.19. The summed E-state index contributed by atoms with van der Waals surface area (Å²) in [5, 5.41) is 2.39. The first-order valence-electron chi connectivity index (χ1n) is 5.34. The molecular weight excluding hydrogens is 222 g/mol. The first-order chi connectivity index (χ1) is 6.83. The number of thiazole rings is 1. The number of hydrogen-bond acceptors (Lipinski definition) is 3. The Bertz CT molecular complexity index is 290. The molecule has 2 nitrogen and oxygen atoms in total. The van der Waals surface area contributed by atoms with Crippen molar-refractivity contribution in [2.45, 2.75) is 45.3 Å². The summed E-state index contributed by atoms with van der Waals surface area (Å²) in [6.07, 6.45) is 0.940. The zero-order valence-corrected chi connectivity index (χ0v) is 12.1. The summed E-state index contributed by atoms with van der Waals surface area (Å²) in [6.45, 7) is 12.2. The predicted octanol–water partition coefficient (Wildman–Crippen LogP) is 3.71. The van der Waals surface area contributed by atoms with Gasteiger partial charge in [-0.25, -0.2) is 4.98 Å². The summed E-state index contributed by atoms with van der Waals surface area (Å²) in [5.74, 6) is 0. The normalized spacial score (nSPS) is 13.1. The van der Waals surface area contributed by atoms with Crippen molar-refractivity contribution < 1.29 is 4.43 Å². The summed E-state index contributed by atoms with van der Waals surface area (Å²) in [4.78, 5) is 4.25. The van der Waals surface area contributed by atoms with Crippen molar-refractivity contribution in [1.29, 1.82) is 0 Å². The maximum atomic E-state index is 6.07. The van der Waals surface area contributed by atoms with E-state index >= 15 is 0 Å². The van der Waals surface area contributed by atoms with E-state index in [-0.39, 0.29) is 0 Å². The van der Waals surface area contributed by atoms with Crippen molar-refractivity contribution in [3.05, 3.63) is 16.6 Å². The van der Waals surface area contributed by atoms with E-state index < -0.39 is 8.32 Å². The minimum Gasteiger partial charge on any atom is -0.416 e. The van der Waals surface area contributed by atoms with E-state index in [2.05, 4.69) is 44.2 Å². The summed E-state index contributed by atoms with van der Waals surface area (Å²) >= 11 is 1.65. The highest BCUT2D eigenvalue weighted by Crippen LogP contribution is 2.36. The Kier molecular flexibility index (Phi) is 4.09. The van der Waals surface area contributed by atoms with E-state index in [1.165, 1.54) is 0 Å². The molecule has 4 heteroatoms. The van der Waals surface area contributed by atoms with Crippen LogP contribution >= 0.6 is 11.3 Å². The molecule has 0 radical (unpaired) electrons. The monoisotopic (exact) mass is 243 g/mol. The lowest BCUT2D eigenvalue weighted by Crippen LogP contribution is -2.41. The molecule has 1 aromatic rings. The average Bonchev–Trinajstić information content (AvgIpc) is 2.54. The summed E-state index contributed by atoms with van der Waals surface area (Å²) < 4.78 is 6.07. The minimum atomic E-state index is -1.56. The van der Waals surface area contributed by atoms with Crippen LogP contribution in [0, 0.1) is 0 Å². The molecule has 0 aliphatic heterocycles. The molecular formula is C11H21NOSSi. The topological polar surface area (TPSA) is 22.1 Å². The van der Waals surface area contributed by atoms with Crippen LogP contribution in [0.3, 0.4) is 0 Å². The third kappa shape index (κ3) is 3.70. The fourth-order valence-electron chi connectivity index (χ4n) is 0.988. The Morgan fingerprint density at radius 2 is 2.07 bits per heavy atom. The van der Waals surface area contributed by atoms with Crippen molar-refractivity contribution in [3.63, 3.8) is 0 Å². The summed E-state index contributed by atoms with van der Waals surface area (Å²) in [7, 11) is -1.56. The number of aromatic nitrogens is 1. The average molecular weight is 243 g/mol. The van der Waals surface area contributed by atoms with Crippen LogP contribution in [0.4, 0.5) is 0 Å². The van der Waals surface area contributed by atoms with Crippen molar-refractivity contribution in [3.8, 4) is 0 Å². The van der Waals surface area contributed by atoms with Crippen molar-refractivity contribution in [1.82, 2.24) is 4.98 Å². The van der Waals surface area contributed by atoms with Gasteiger partial charge in [-0.05, 0) is 18.1 Å². The van der Waals surface area contributed by atoms with Crippen LogP contribution in [0.15, 0.2) is 10.9 Å². The molecule has 86 valence electrons.